The Morgan fingerprint density at radius 1 is 1.24 bits per heavy atom. The third kappa shape index (κ3) is 4.82. The summed E-state index contributed by atoms with van der Waals surface area (Å²) in [4.78, 5) is 17.0. The molecule has 3 rings (SSSR count). The Kier molecular flexibility index (Phi) is 5.71. The molecule has 0 saturated carbocycles. The molecule has 0 unspecified atom stereocenters. The Bertz CT molecular complexity index is 684. The van der Waals surface area contributed by atoms with Crippen LogP contribution in [0.15, 0.2) is 42.7 Å². The van der Waals surface area contributed by atoms with Crippen LogP contribution in [0.4, 0.5) is 4.79 Å². The standard InChI is InChI=1S/C19H27N5O/c1-16-13-23(15-17-7-4-3-5-8-17)9-6-10-24(16)19(25)20-11-18-12-21-22(2)14-18/h3-5,7-8,12,14,16H,6,9-11,13,15H2,1-2H3,(H,20,25)/t16-/m0/s1. The lowest BCUT2D eigenvalue weighted by Gasteiger charge is -2.29. The van der Waals surface area contributed by atoms with E-state index in [4.69, 9.17) is 0 Å². The molecule has 1 aromatic heterocycles. The number of nitrogens with one attached hydrogen (secondary N) is 1. The SMILES string of the molecule is C[C@H]1CN(Cc2ccccc2)CCCN1C(=O)NCc1cnn(C)c1. The van der Waals surface area contributed by atoms with E-state index in [0.29, 0.717) is 6.54 Å². The van der Waals surface area contributed by atoms with E-state index in [-0.39, 0.29) is 12.1 Å². The van der Waals surface area contributed by atoms with Crippen molar-refractivity contribution in [1.82, 2.24) is 24.9 Å². The number of aryl methyl sites for hydroxylation is 1. The highest BCUT2D eigenvalue weighted by Gasteiger charge is 2.25. The van der Waals surface area contributed by atoms with Gasteiger partial charge in [0.1, 0.15) is 0 Å². The normalized spacial score (nSPS) is 18.8. The van der Waals surface area contributed by atoms with Crippen molar-refractivity contribution in [3.05, 3.63) is 53.9 Å². The molecule has 6 heteroatoms. The van der Waals surface area contributed by atoms with Crippen LogP contribution in [0.1, 0.15) is 24.5 Å². The first-order valence-corrected chi connectivity index (χ1v) is 8.90. The molecule has 2 amide bonds. The minimum Gasteiger partial charge on any atom is -0.334 e. The van der Waals surface area contributed by atoms with E-state index < -0.39 is 0 Å². The van der Waals surface area contributed by atoms with E-state index in [9.17, 15) is 4.79 Å². The summed E-state index contributed by atoms with van der Waals surface area (Å²) in [7, 11) is 1.88. The predicted molar refractivity (Wildman–Crippen MR) is 97.9 cm³/mol. The van der Waals surface area contributed by atoms with Crippen LogP contribution in [0.5, 0.6) is 0 Å². The van der Waals surface area contributed by atoms with Crippen molar-refractivity contribution in [3.8, 4) is 0 Å². The van der Waals surface area contributed by atoms with Gasteiger partial charge in [-0.15, -0.1) is 0 Å². The summed E-state index contributed by atoms with van der Waals surface area (Å²) in [5.74, 6) is 0. The summed E-state index contributed by atoms with van der Waals surface area (Å²) in [6.45, 7) is 6.30. The van der Waals surface area contributed by atoms with Crippen molar-refractivity contribution in [2.24, 2.45) is 7.05 Å². The van der Waals surface area contributed by atoms with Crippen molar-refractivity contribution < 1.29 is 4.79 Å². The number of nitrogens with zero attached hydrogens (tertiary/aromatic N) is 4. The quantitative estimate of drug-likeness (QED) is 0.928. The van der Waals surface area contributed by atoms with Gasteiger partial charge in [0.25, 0.3) is 0 Å². The van der Waals surface area contributed by atoms with Crippen molar-refractivity contribution in [1.29, 1.82) is 0 Å². The van der Waals surface area contributed by atoms with Crippen LogP contribution in [0.25, 0.3) is 0 Å². The Morgan fingerprint density at radius 3 is 2.76 bits per heavy atom. The maximum atomic E-state index is 12.6. The third-order valence-electron chi connectivity index (χ3n) is 4.64. The topological polar surface area (TPSA) is 53.4 Å². The molecule has 0 aliphatic carbocycles. The highest BCUT2D eigenvalue weighted by atomic mass is 16.2. The lowest BCUT2D eigenvalue weighted by molar-refractivity contribution is 0.172. The molecule has 1 aliphatic heterocycles. The molecular weight excluding hydrogens is 314 g/mol. The van der Waals surface area contributed by atoms with Crippen LogP contribution < -0.4 is 5.32 Å². The van der Waals surface area contributed by atoms with Gasteiger partial charge in [-0.2, -0.15) is 5.10 Å². The van der Waals surface area contributed by atoms with E-state index in [1.807, 2.05) is 24.2 Å². The molecule has 25 heavy (non-hydrogen) atoms. The van der Waals surface area contributed by atoms with Gasteiger partial charge >= 0.3 is 6.03 Å². The Balaban J connectivity index is 1.53. The van der Waals surface area contributed by atoms with Gasteiger partial charge in [-0.3, -0.25) is 9.58 Å². The number of hydrogen-bond donors (Lipinski definition) is 1. The lowest BCUT2D eigenvalue weighted by Crippen LogP contribution is -2.47. The Labute approximate surface area is 149 Å². The van der Waals surface area contributed by atoms with Crippen LogP contribution in [0.2, 0.25) is 0 Å². The number of benzene rings is 1. The highest BCUT2D eigenvalue weighted by molar-refractivity contribution is 5.74. The maximum absolute atomic E-state index is 12.6. The summed E-state index contributed by atoms with van der Waals surface area (Å²) in [5.41, 5.74) is 2.34. The van der Waals surface area contributed by atoms with Gasteiger partial charge in [-0.25, -0.2) is 4.79 Å². The van der Waals surface area contributed by atoms with Gasteiger partial charge in [0.2, 0.25) is 0 Å². The molecule has 0 spiro atoms. The number of aromatic nitrogens is 2. The molecule has 1 fully saturated rings. The number of rotatable bonds is 4. The number of carbonyl (C=O) groups is 1. The summed E-state index contributed by atoms with van der Waals surface area (Å²) in [6.07, 6.45) is 4.71. The first kappa shape index (κ1) is 17.5. The van der Waals surface area contributed by atoms with E-state index in [2.05, 4.69) is 46.5 Å². The Morgan fingerprint density at radius 2 is 2.04 bits per heavy atom. The first-order valence-electron chi connectivity index (χ1n) is 8.90. The summed E-state index contributed by atoms with van der Waals surface area (Å²) >= 11 is 0. The molecule has 2 aromatic rings. The fourth-order valence-corrected chi connectivity index (χ4v) is 3.38. The fraction of sp³-hybridized carbons (Fsp3) is 0.474. The number of amides is 2. The van der Waals surface area contributed by atoms with Gasteiger partial charge in [-0.05, 0) is 18.9 Å². The van der Waals surface area contributed by atoms with Gasteiger partial charge in [0.05, 0.1) is 6.20 Å². The highest BCUT2D eigenvalue weighted by Crippen LogP contribution is 2.13. The predicted octanol–water partition coefficient (Wildman–Crippen LogP) is 2.23. The summed E-state index contributed by atoms with van der Waals surface area (Å²) in [5, 5.41) is 7.15. The minimum absolute atomic E-state index is 0.0120. The van der Waals surface area contributed by atoms with Gasteiger partial charge in [0.15, 0.2) is 0 Å². The molecule has 0 radical (unpaired) electrons. The van der Waals surface area contributed by atoms with Crippen molar-refractivity contribution in [3.63, 3.8) is 0 Å². The maximum Gasteiger partial charge on any atom is 0.317 e. The van der Waals surface area contributed by atoms with Crippen LogP contribution in [0, 0.1) is 0 Å². The Hall–Kier alpha value is -2.34. The number of carbonyl (C=O) groups excluding carboxylic acids is 1. The van der Waals surface area contributed by atoms with Gasteiger partial charge in [0, 0.05) is 57.6 Å². The molecule has 1 N–H and O–H groups in total. The number of urea groups is 1. The first-order chi connectivity index (χ1) is 12.1. The van der Waals surface area contributed by atoms with Crippen molar-refractivity contribution >= 4 is 6.03 Å². The average molecular weight is 341 g/mol. The second-order valence-corrected chi connectivity index (χ2v) is 6.80. The van der Waals surface area contributed by atoms with Gasteiger partial charge < -0.3 is 10.2 Å². The van der Waals surface area contributed by atoms with Crippen LogP contribution in [-0.4, -0.2) is 51.3 Å². The second-order valence-electron chi connectivity index (χ2n) is 6.80. The minimum atomic E-state index is 0.0120. The van der Waals surface area contributed by atoms with E-state index in [0.717, 1.165) is 38.2 Å². The van der Waals surface area contributed by atoms with Crippen molar-refractivity contribution in [2.75, 3.05) is 19.6 Å². The summed E-state index contributed by atoms with van der Waals surface area (Å²) < 4.78 is 1.75. The molecule has 134 valence electrons. The third-order valence-corrected chi connectivity index (χ3v) is 4.64. The van der Waals surface area contributed by atoms with Crippen LogP contribution in [0.3, 0.4) is 0 Å². The molecule has 1 saturated heterocycles. The van der Waals surface area contributed by atoms with Crippen LogP contribution >= 0.6 is 0 Å². The van der Waals surface area contributed by atoms with E-state index in [1.54, 1.807) is 10.9 Å². The zero-order valence-corrected chi connectivity index (χ0v) is 15.1. The fourth-order valence-electron chi connectivity index (χ4n) is 3.38. The smallest absolute Gasteiger partial charge is 0.317 e. The molecule has 1 aromatic carbocycles. The monoisotopic (exact) mass is 341 g/mol. The largest absolute Gasteiger partial charge is 0.334 e. The van der Waals surface area contributed by atoms with E-state index >= 15 is 0 Å². The summed E-state index contributed by atoms with van der Waals surface area (Å²) in [6, 6.07) is 10.7. The zero-order valence-electron chi connectivity index (χ0n) is 15.1. The van der Waals surface area contributed by atoms with Gasteiger partial charge in [-0.1, -0.05) is 30.3 Å². The van der Waals surface area contributed by atoms with Crippen LogP contribution in [-0.2, 0) is 20.1 Å². The van der Waals surface area contributed by atoms with E-state index in [1.165, 1.54) is 5.56 Å². The molecule has 1 aliphatic rings. The molecule has 1 atom stereocenters. The zero-order chi connectivity index (χ0) is 17.6. The molecule has 6 nitrogen and oxygen atoms in total. The second kappa shape index (κ2) is 8.16. The molecule has 2 heterocycles. The molecular formula is C19H27N5O. The molecule has 0 bridgehead atoms. The van der Waals surface area contributed by atoms with Crippen molar-refractivity contribution in [2.45, 2.75) is 32.5 Å². The average Bonchev–Trinajstić information content (AvgIpc) is 2.93. The number of hydrogen-bond acceptors (Lipinski definition) is 3. The lowest BCUT2D eigenvalue weighted by atomic mass is 10.2.